The van der Waals surface area contributed by atoms with Gasteiger partial charge in [0.2, 0.25) is 0 Å². The minimum atomic E-state index is -0.661. The lowest BCUT2D eigenvalue weighted by Crippen LogP contribution is -2.29. The number of carbonyl (C=O) groups excluding carboxylic acids is 1. The summed E-state index contributed by atoms with van der Waals surface area (Å²) in [6.07, 6.45) is 5.81. The van der Waals surface area contributed by atoms with Crippen molar-refractivity contribution in [3.05, 3.63) is 78.9 Å². The zero-order valence-electron chi connectivity index (χ0n) is 15.4. The van der Waals surface area contributed by atoms with Crippen molar-refractivity contribution in [2.75, 3.05) is 18.0 Å². The van der Waals surface area contributed by atoms with Crippen LogP contribution in [0.4, 0.5) is 17.1 Å². The van der Waals surface area contributed by atoms with Crippen molar-refractivity contribution in [3.63, 3.8) is 0 Å². The highest BCUT2D eigenvalue weighted by Gasteiger charge is 2.21. The second-order valence-corrected chi connectivity index (χ2v) is 7.08. The van der Waals surface area contributed by atoms with E-state index in [4.69, 9.17) is 11.6 Å². The Labute approximate surface area is 171 Å². The molecule has 0 N–H and O–H groups in total. The Morgan fingerprint density at radius 3 is 2.31 bits per heavy atom. The number of nitrogens with zero attached hydrogens (tertiary/aromatic N) is 3. The van der Waals surface area contributed by atoms with Crippen LogP contribution in [0.3, 0.4) is 0 Å². The van der Waals surface area contributed by atoms with Gasteiger partial charge in [-0.2, -0.15) is 0 Å². The van der Waals surface area contributed by atoms with E-state index in [0.717, 1.165) is 38.4 Å². The first-order valence-electron chi connectivity index (χ1n) is 9.06. The molecule has 3 rings (SSSR count). The normalized spacial score (nSPS) is 14.2. The summed E-state index contributed by atoms with van der Waals surface area (Å²) < 4.78 is 0. The quantitative estimate of drug-likeness (QED) is 0.283. The predicted molar refractivity (Wildman–Crippen MR) is 111 cm³/mol. The molecule has 1 saturated heterocycles. The molecule has 150 valence electrons. The molecule has 0 saturated carbocycles. The number of carbonyl (C=O) groups is 1. The van der Waals surface area contributed by atoms with Gasteiger partial charge in [0.05, 0.1) is 9.85 Å². The highest BCUT2D eigenvalue weighted by molar-refractivity contribution is 6.32. The van der Waals surface area contributed by atoms with E-state index < -0.39 is 15.6 Å². The molecule has 0 aliphatic carbocycles. The van der Waals surface area contributed by atoms with Crippen LogP contribution in [0.25, 0.3) is 6.08 Å². The lowest BCUT2D eigenvalue weighted by Gasteiger charge is -2.28. The predicted octanol–water partition coefficient (Wildman–Crippen LogP) is 5.04. The molecule has 29 heavy (non-hydrogen) atoms. The fraction of sp³-hybridized carbons (Fsp3) is 0.250. The number of ketones is 1. The molecule has 0 atom stereocenters. The molecule has 2 aromatic carbocycles. The van der Waals surface area contributed by atoms with Gasteiger partial charge in [0.15, 0.2) is 5.78 Å². The third-order valence-electron chi connectivity index (χ3n) is 4.75. The molecule has 0 aromatic heterocycles. The number of hydrogen-bond donors (Lipinski definition) is 0. The highest BCUT2D eigenvalue weighted by atomic mass is 35.5. The summed E-state index contributed by atoms with van der Waals surface area (Å²) in [5.41, 5.74) is 0.814. The Morgan fingerprint density at radius 1 is 0.966 bits per heavy atom. The van der Waals surface area contributed by atoms with Crippen molar-refractivity contribution in [3.8, 4) is 0 Å². The van der Waals surface area contributed by atoms with Crippen molar-refractivity contribution >= 4 is 40.5 Å². The van der Waals surface area contributed by atoms with E-state index in [1.807, 2.05) is 4.90 Å². The summed E-state index contributed by atoms with van der Waals surface area (Å²) in [5, 5.41) is 22.4. The van der Waals surface area contributed by atoms with Crippen LogP contribution in [0.5, 0.6) is 0 Å². The summed E-state index contributed by atoms with van der Waals surface area (Å²) in [7, 11) is 0. The van der Waals surface area contributed by atoms with Gasteiger partial charge < -0.3 is 4.90 Å². The van der Waals surface area contributed by atoms with E-state index in [2.05, 4.69) is 0 Å². The first-order chi connectivity index (χ1) is 13.9. The Morgan fingerprint density at radius 2 is 1.66 bits per heavy atom. The Hall–Kier alpha value is -3.26. The molecular formula is C20H18ClN3O5. The monoisotopic (exact) mass is 415 g/mol. The largest absolute Gasteiger partial charge is 0.366 e. The Bertz CT molecular complexity index is 1000. The fourth-order valence-electron chi connectivity index (χ4n) is 3.27. The number of anilines is 1. The molecule has 1 aliphatic heterocycles. The van der Waals surface area contributed by atoms with E-state index in [1.54, 1.807) is 12.1 Å². The van der Waals surface area contributed by atoms with Gasteiger partial charge >= 0.3 is 0 Å². The van der Waals surface area contributed by atoms with E-state index >= 15 is 0 Å². The van der Waals surface area contributed by atoms with E-state index in [-0.39, 0.29) is 22.0 Å². The molecule has 8 nitrogen and oxygen atoms in total. The van der Waals surface area contributed by atoms with Crippen molar-refractivity contribution < 1.29 is 14.6 Å². The number of nitro groups is 2. The van der Waals surface area contributed by atoms with Crippen LogP contribution in [0.2, 0.25) is 5.02 Å². The molecule has 0 unspecified atom stereocenters. The average Bonchev–Trinajstić information content (AvgIpc) is 2.72. The lowest BCUT2D eigenvalue weighted by molar-refractivity contribution is -0.384. The van der Waals surface area contributed by atoms with Crippen LogP contribution in [0.15, 0.2) is 42.5 Å². The number of nitro benzene ring substituents is 2. The van der Waals surface area contributed by atoms with Gasteiger partial charge in [-0.3, -0.25) is 25.0 Å². The Kier molecular flexibility index (Phi) is 6.23. The van der Waals surface area contributed by atoms with Gasteiger partial charge in [-0.15, -0.1) is 0 Å². The summed E-state index contributed by atoms with van der Waals surface area (Å²) in [6, 6.07) is 8.63. The molecule has 0 bridgehead atoms. The van der Waals surface area contributed by atoms with Crippen molar-refractivity contribution in [2.45, 2.75) is 19.3 Å². The number of allylic oxidation sites excluding steroid dienone is 1. The van der Waals surface area contributed by atoms with Crippen LogP contribution in [0.1, 0.15) is 35.2 Å². The van der Waals surface area contributed by atoms with E-state index in [1.165, 1.54) is 30.4 Å². The number of hydrogen-bond acceptors (Lipinski definition) is 6. The van der Waals surface area contributed by atoms with Crippen molar-refractivity contribution in [1.82, 2.24) is 0 Å². The van der Waals surface area contributed by atoms with Gasteiger partial charge in [0, 0.05) is 30.8 Å². The van der Waals surface area contributed by atoms with Crippen LogP contribution < -0.4 is 4.90 Å². The summed E-state index contributed by atoms with van der Waals surface area (Å²) in [6.45, 7) is 1.56. The summed E-state index contributed by atoms with van der Waals surface area (Å²) in [5.74, 6) is -0.465. The van der Waals surface area contributed by atoms with E-state index in [9.17, 15) is 25.0 Å². The van der Waals surface area contributed by atoms with Crippen LogP contribution in [0, 0.1) is 20.2 Å². The third kappa shape index (κ3) is 4.78. The molecule has 0 radical (unpaired) electrons. The molecule has 1 heterocycles. The number of benzene rings is 2. The summed E-state index contributed by atoms with van der Waals surface area (Å²) in [4.78, 5) is 35.7. The Balaban J connectivity index is 1.84. The first-order valence-corrected chi connectivity index (χ1v) is 9.44. The number of piperidine rings is 1. The molecule has 1 fully saturated rings. The van der Waals surface area contributed by atoms with Gasteiger partial charge in [-0.25, -0.2) is 0 Å². The standard InChI is InChI=1S/C20H18ClN3O5/c21-16-7-6-15(13-18(16)23(26)27)20(25)9-5-14-4-8-17(19(12-14)24(28)29)22-10-2-1-3-11-22/h4-9,12-13H,1-3,10-11H2. The minimum Gasteiger partial charge on any atom is -0.366 e. The average molecular weight is 416 g/mol. The molecule has 0 spiro atoms. The number of halogens is 1. The maximum absolute atomic E-state index is 12.3. The fourth-order valence-corrected chi connectivity index (χ4v) is 3.45. The second kappa shape index (κ2) is 8.83. The third-order valence-corrected chi connectivity index (χ3v) is 5.07. The van der Waals surface area contributed by atoms with Crippen molar-refractivity contribution in [1.29, 1.82) is 0 Å². The lowest BCUT2D eigenvalue weighted by atomic mass is 10.1. The molecule has 0 amide bonds. The van der Waals surface area contributed by atoms with Crippen molar-refractivity contribution in [2.24, 2.45) is 0 Å². The molecular weight excluding hydrogens is 398 g/mol. The summed E-state index contributed by atoms with van der Waals surface area (Å²) >= 11 is 5.76. The van der Waals surface area contributed by atoms with Gasteiger partial charge in [0.25, 0.3) is 11.4 Å². The zero-order valence-corrected chi connectivity index (χ0v) is 16.2. The highest BCUT2D eigenvalue weighted by Crippen LogP contribution is 2.32. The topological polar surface area (TPSA) is 107 Å². The van der Waals surface area contributed by atoms with Crippen LogP contribution in [-0.2, 0) is 0 Å². The van der Waals surface area contributed by atoms with Crippen LogP contribution >= 0.6 is 11.6 Å². The maximum atomic E-state index is 12.3. The second-order valence-electron chi connectivity index (χ2n) is 6.67. The van der Waals surface area contributed by atoms with Crippen LogP contribution in [-0.4, -0.2) is 28.7 Å². The number of rotatable bonds is 6. The zero-order chi connectivity index (χ0) is 21.0. The van der Waals surface area contributed by atoms with E-state index in [0.29, 0.717) is 11.3 Å². The molecule has 9 heteroatoms. The molecule has 1 aliphatic rings. The van der Waals surface area contributed by atoms with Gasteiger partial charge in [-0.1, -0.05) is 23.7 Å². The first kappa shape index (κ1) is 20.5. The smallest absolute Gasteiger partial charge is 0.293 e. The minimum absolute atomic E-state index is 0.0105. The molecule has 2 aromatic rings. The van der Waals surface area contributed by atoms with Gasteiger partial charge in [-0.05, 0) is 49.1 Å². The SMILES string of the molecule is O=C(C=Cc1ccc(N2CCCCC2)c([N+](=O)[O-])c1)c1ccc(Cl)c([N+](=O)[O-])c1. The maximum Gasteiger partial charge on any atom is 0.293 e. The van der Waals surface area contributed by atoms with Gasteiger partial charge in [0.1, 0.15) is 10.7 Å².